The van der Waals surface area contributed by atoms with E-state index in [-0.39, 0.29) is 23.3 Å². The first-order valence-electron chi connectivity index (χ1n) is 10.5. The van der Waals surface area contributed by atoms with Crippen LogP contribution in [0.1, 0.15) is 33.3 Å². The number of fused-ring (bicyclic) bond motifs is 2. The van der Waals surface area contributed by atoms with Gasteiger partial charge >= 0.3 is 0 Å². The fraction of sp³-hybridized carbons (Fsp3) is 0.200. The van der Waals surface area contributed by atoms with Crippen LogP contribution in [0, 0.1) is 0 Å². The van der Waals surface area contributed by atoms with Crippen molar-refractivity contribution in [3.8, 4) is 0 Å². The van der Waals surface area contributed by atoms with Gasteiger partial charge in [0.2, 0.25) is 11.7 Å². The summed E-state index contributed by atoms with van der Waals surface area (Å²) in [5, 5.41) is 0.829. The summed E-state index contributed by atoms with van der Waals surface area (Å²) in [5.74, 6) is -0.460. The molecule has 2 amide bonds. The van der Waals surface area contributed by atoms with E-state index in [1.807, 2.05) is 12.1 Å². The van der Waals surface area contributed by atoms with Crippen molar-refractivity contribution < 1.29 is 19.1 Å². The summed E-state index contributed by atoms with van der Waals surface area (Å²) in [6.45, 7) is 3.72. The number of carbonyl (C=O) groups excluding carboxylic acids is 3. The number of rotatable bonds is 2. The monoisotopic (exact) mass is 427 g/mol. The average molecular weight is 427 g/mol. The molecule has 3 heterocycles. The quantitative estimate of drug-likeness (QED) is 0.587. The van der Waals surface area contributed by atoms with Crippen LogP contribution in [0.2, 0.25) is 0 Å². The van der Waals surface area contributed by atoms with Crippen molar-refractivity contribution in [3.63, 3.8) is 0 Å². The Bertz CT molecular complexity index is 1290. The number of amides is 2. The zero-order valence-electron chi connectivity index (χ0n) is 17.6. The highest BCUT2D eigenvalue weighted by atomic mass is 16.5. The van der Waals surface area contributed by atoms with Gasteiger partial charge in [0, 0.05) is 36.5 Å². The molecule has 1 fully saturated rings. The predicted molar refractivity (Wildman–Crippen MR) is 120 cm³/mol. The first-order valence-corrected chi connectivity index (χ1v) is 10.5. The highest BCUT2D eigenvalue weighted by Crippen LogP contribution is 2.35. The van der Waals surface area contributed by atoms with Gasteiger partial charge in [0.25, 0.3) is 5.91 Å². The molecule has 0 atom stereocenters. The molecule has 2 aliphatic heterocycles. The molecule has 1 saturated heterocycles. The Morgan fingerprint density at radius 1 is 1.03 bits per heavy atom. The van der Waals surface area contributed by atoms with Gasteiger partial charge in [-0.1, -0.05) is 18.2 Å². The minimum atomic E-state index is -0.235. The molecule has 0 bridgehead atoms. The summed E-state index contributed by atoms with van der Waals surface area (Å²) >= 11 is 0. The molecule has 0 N–H and O–H groups in total. The zero-order chi connectivity index (χ0) is 22.2. The Morgan fingerprint density at radius 2 is 1.81 bits per heavy atom. The first-order chi connectivity index (χ1) is 15.5. The standard InChI is InChI=1S/C25H21N3O4/c1-16(29)28-22-5-3-2-4-20(22)24(30)23(28)15-19-8-6-17-14-18(7-9-21(17)26-19)25(31)27-10-12-32-13-11-27/h2-9,14-15H,10-13H2,1H3/b23-15-. The fourth-order valence-corrected chi connectivity index (χ4v) is 4.14. The van der Waals surface area contributed by atoms with Crippen LogP contribution < -0.4 is 4.90 Å². The lowest BCUT2D eigenvalue weighted by molar-refractivity contribution is -0.116. The van der Waals surface area contributed by atoms with Crippen LogP contribution in [0.4, 0.5) is 5.69 Å². The molecule has 7 heteroatoms. The summed E-state index contributed by atoms with van der Waals surface area (Å²) in [5.41, 5.74) is 3.24. The van der Waals surface area contributed by atoms with Crippen molar-refractivity contribution in [2.24, 2.45) is 0 Å². The minimum Gasteiger partial charge on any atom is -0.378 e. The third kappa shape index (κ3) is 3.46. The van der Waals surface area contributed by atoms with E-state index >= 15 is 0 Å². The van der Waals surface area contributed by atoms with Gasteiger partial charge in [0.05, 0.1) is 35.8 Å². The average Bonchev–Trinajstić information content (AvgIpc) is 3.10. The molecular formula is C25H21N3O4. The van der Waals surface area contributed by atoms with E-state index in [0.717, 1.165) is 5.39 Å². The van der Waals surface area contributed by atoms with Crippen LogP contribution >= 0.6 is 0 Å². The molecule has 3 aromatic rings. The van der Waals surface area contributed by atoms with Crippen LogP contribution in [0.3, 0.4) is 0 Å². The van der Waals surface area contributed by atoms with Crippen LogP contribution in [0.25, 0.3) is 17.0 Å². The Labute approximate surface area is 184 Å². The number of hydrogen-bond donors (Lipinski definition) is 0. The third-order valence-corrected chi connectivity index (χ3v) is 5.72. The topological polar surface area (TPSA) is 79.8 Å². The second-order valence-corrected chi connectivity index (χ2v) is 7.78. The maximum absolute atomic E-state index is 12.9. The Balaban J connectivity index is 1.48. The van der Waals surface area contributed by atoms with Crippen molar-refractivity contribution in [1.29, 1.82) is 0 Å². The van der Waals surface area contributed by atoms with E-state index in [2.05, 4.69) is 4.98 Å². The van der Waals surface area contributed by atoms with Gasteiger partial charge in [0.1, 0.15) is 0 Å². The number of aromatic nitrogens is 1. The number of pyridine rings is 1. The van der Waals surface area contributed by atoms with Crippen molar-refractivity contribution in [2.45, 2.75) is 6.92 Å². The van der Waals surface area contributed by atoms with Crippen molar-refractivity contribution in [1.82, 2.24) is 9.88 Å². The van der Waals surface area contributed by atoms with Crippen molar-refractivity contribution in [3.05, 3.63) is 77.1 Å². The van der Waals surface area contributed by atoms with Gasteiger partial charge in [0.15, 0.2) is 0 Å². The summed E-state index contributed by atoms with van der Waals surface area (Å²) in [7, 11) is 0. The van der Waals surface area contributed by atoms with E-state index in [4.69, 9.17) is 4.74 Å². The van der Waals surface area contributed by atoms with Gasteiger partial charge in [-0.25, -0.2) is 4.98 Å². The van der Waals surface area contributed by atoms with Crippen LogP contribution in [-0.2, 0) is 9.53 Å². The minimum absolute atomic E-state index is 0.0205. The molecule has 0 aliphatic carbocycles. The van der Waals surface area contributed by atoms with Gasteiger partial charge < -0.3 is 9.64 Å². The lowest BCUT2D eigenvalue weighted by Gasteiger charge is -2.26. The number of morpholine rings is 1. The molecule has 2 aromatic carbocycles. The fourth-order valence-electron chi connectivity index (χ4n) is 4.14. The highest BCUT2D eigenvalue weighted by Gasteiger charge is 2.34. The molecule has 5 rings (SSSR count). The lowest BCUT2D eigenvalue weighted by Crippen LogP contribution is -2.40. The maximum atomic E-state index is 12.9. The van der Waals surface area contributed by atoms with Gasteiger partial charge in [-0.3, -0.25) is 19.3 Å². The first kappa shape index (κ1) is 20.1. The van der Waals surface area contributed by atoms with Crippen LogP contribution in [0.5, 0.6) is 0 Å². The summed E-state index contributed by atoms with van der Waals surface area (Å²) in [4.78, 5) is 45.8. The number of carbonyl (C=O) groups is 3. The highest BCUT2D eigenvalue weighted by molar-refractivity contribution is 6.26. The second-order valence-electron chi connectivity index (χ2n) is 7.78. The van der Waals surface area contributed by atoms with E-state index in [1.54, 1.807) is 53.4 Å². The number of allylic oxidation sites excluding steroid dienone is 1. The lowest BCUT2D eigenvalue weighted by atomic mass is 10.1. The van der Waals surface area contributed by atoms with Gasteiger partial charge in [-0.2, -0.15) is 0 Å². The molecular weight excluding hydrogens is 406 g/mol. The maximum Gasteiger partial charge on any atom is 0.254 e. The van der Waals surface area contributed by atoms with Crippen molar-refractivity contribution in [2.75, 3.05) is 31.2 Å². The number of ketones is 1. The molecule has 0 spiro atoms. The Morgan fingerprint density at radius 3 is 2.59 bits per heavy atom. The molecule has 160 valence electrons. The molecule has 0 saturated carbocycles. The number of hydrogen-bond acceptors (Lipinski definition) is 5. The van der Waals surface area contributed by atoms with E-state index < -0.39 is 0 Å². The van der Waals surface area contributed by atoms with E-state index in [0.29, 0.717) is 54.3 Å². The summed E-state index contributed by atoms with van der Waals surface area (Å²) < 4.78 is 5.32. The summed E-state index contributed by atoms with van der Waals surface area (Å²) in [6, 6.07) is 16.1. The number of anilines is 1. The SMILES string of the molecule is CC(=O)N1/C(=C\c2ccc3cc(C(=O)N4CCOCC4)ccc3n2)C(=O)c2ccccc21. The van der Waals surface area contributed by atoms with Crippen LogP contribution in [-0.4, -0.2) is 53.8 Å². The normalized spacial score (nSPS) is 17.2. The number of para-hydroxylation sites is 1. The molecule has 32 heavy (non-hydrogen) atoms. The Hall–Kier alpha value is -3.84. The van der Waals surface area contributed by atoms with E-state index in [9.17, 15) is 14.4 Å². The van der Waals surface area contributed by atoms with Gasteiger partial charge in [-0.15, -0.1) is 0 Å². The number of ether oxygens (including phenoxy) is 1. The van der Waals surface area contributed by atoms with E-state index in [1.165, 1.54) is 11.8 Å². The predicted octanol–water partition coefficient (Wildman–Crippen LogP) is 3.30. The third-order valence-electron chi connectivity index (χ3n) is 5.72. The summed E-state index contributed by atoms with van der Waals surface area (Å²) in [6.07, 6.45) is 1.63. The largest absolute Gasteiger partial charge is 0.378 e. The molecule has 7 nitrogen and oxygen atoms in total. The number of nitrogens with zero attached hydrogens (tertiary/aromatic N) is 3. The zero-order valence-corrected chi connectivity index (χ0v) is 17.6. The molecule has 2 aliphatic rings. The Kier molecular flexibility index (Phi) is 5.03. The molecule has 0 radical (unpaired) electrons. The number of Topliss-reactive ketones (excluding diaryl/α,β-unsaturated/α-hetero) is 1. The smallest absolute Gasteiger partial charge is 0.254 e. The van der Waals surface area contributed by atoms with Gasteiger partial charge in [-0.05, 0) is 42.5 Å². The van der Waals surface area contributed by atoms with Crippen molar-refractivity contribution >= 4 is 40.3 Å². The molecule has 0 unspecified atom stereocenters. The second kappa shape index (κ2) is 8.01. The molecule has 1 aromatic heterocycles. The number of benzene rings is 2. The van der Waals surface area contributed by atoms with Crippen LogP contribution in [0.15, 0.2) is 60.3 Å².